The third kappa shape index (κ3) is 4.32. The second kappa shape index (κ2) is 6.53. The fourth-order valence-electron chi connectivity index (χ4n) is 1.23. The van der Waals surface area contributed by atoms with E-state index in [1.165, 1.54) is 36.7 Å². The average molecular weight is 308 g/mol. The molecule has 0 aliphatic heterocycles. The van der Waals surface area contributed by atoms with E-state index < -0.39 is 10.0 Å². The van der Waals surface area contributed by atoms with Crippen molar-refractivity contribution in [3.63, 3.8) is 0 Å². The van der Waals surface area contributed by atoms with Crippen LogP contribution in [0.5, 0.6) is 0 Å². The maximum atomic E-state index is 12.0. The van der Waals surface area contributed by atoms with E-state index in [1.54, 1.807) is 0 Å². The van der Waals surface area contributed by atoms with E-state index in [0.29, 0.717) is 5.69 Å². The summed E-state index contributed by atoms with van der Waals surface area (Å²) >= 11 is 5.62. The fraction of sp³-hybridized carbons (Fsp3) is 0. The number of hydrogen-bond acceptors (Lipinski definition) is 5. The molecule has 0 amide bonds. The van der Waals surface area contributed by atoms with Crippen molar-refractivity contribution in [2.45, 2.75) is 4.90 Å². The van der Waals surface area contributed by atoms with E-state index in [1.807, 2.05) is 0 Å². The number of nitrogens with one attached hydrogen (secondary N) is 1. The number of benzene rings is 1. The topological polar surface area (TPSA) is 98.0 Å². The molecule has 95 valence electrons. The van der Waals surface area contributed by atoms with Crippen LogP contribution in [0.1, 0.15) is 0 Å². The summed E-state index contributed by atoms with van der Waals surface area (Å²) in [6.07, 6.45) is 2.57. The number of hydrogen-bond donors (Lipinski definition) is 2. The van der Waals surface area contributed by atoms with Gasteiger partial charge in [-0.15, -0.1) is 0 Å². The number of nitrogens with two attached hydrogens (primary N) is 1. The first-order chi connectivity index (χ1) is 8.47. The summed E-state index contributed by atoms with van der Waals surface area (Å²) in [4.78, 5) is 7.61. The summed E-state index contributed by atoms with van der Waals surface area (Å²) in [6, 6.07) is 5.79. The molecule has 9 heteroatoms. The molecule has 0 saturated carbocycles. The Hall–Kier alpha value is -0.860. The molecule has 0 aliphatic carbocycles. The van der Waals surface area contributed by atoms with Crippen LogP contribution in [-0.4, -0.2) is 47.9 Å². The molecule has 0 bridgehead atoms. The van der Waals surface area contributed by atoms with Gasteiger partial charge in [-0.3, -0.25) is 9.71 Å². The maximum Gasteiger partial charge on any atom is 0.263 e. The van der Waals surface area contributed by atoms with Crippen molar-refractivity contribution in [1.29, 1.82) is 0 Å². The Balaban J connectivity index is 0.00000180. The first kappa shape index (κ1) is 16.2. The maximum absolute atomic E-state index is 12.0. The Morgan fingerprint density at radius 2 is 1.79 bits per heavy atom. The Labute approximate surface area is 137 Å². The molecule has 1 aromatic heterocycles. The number of halogens is 1. The van der Waals surface area contributed by atoms with Crippen LogP contribution in [0.4, 0.5) is 11.5 Å². The quantitative estimate of drug-likeness (QED) is 0.654. The van der Waals surface area contributed by atoms with Crippen molar-refractivity contribution in [2.75, 3.05) is 10.5 Å². The predicted octanol–water partition coefficient (Wildman–Crippen LogP) is 1.13. The number of aromatic nitrogens is 2. The summed E-state index contributed by atoms with van der Waals surface area (Å²) in [5.74, 6) is 0.0549. The molecule has 2 rings (SSSR count). The first-order valence-electron chi connectivity index (χ1n) is 4.83. The molecule has 1 heterocycles. The number of sulfonamides is 1. The van der Waals surface area contributed by atoms with Gasteiger partial charge in [0.15, 0.2) is 5.82 Å². The Morgan fingerprint density at radius 1 is 1.16 bits per heavy atom. The zero-order valence-electron chi connectivity index (χ0n) is 10.0. The summed E-state index contributed by atoms with van der Waals surface area (Å²) in [5.41, 5.74) is 5.97. The van der Waals surface area contributed by atoms with Gasteiger partial charge in [-0.05, 0) is 24.3 Å². The zero-order chi connectivity index (χ0) is 13.2. The minimum Gasteiger partial charge on any atom is -0.399 e. The molecule has 6 nitrogen and oxygen atoms in total. The Morgan fingerprint density at radius 3 is 2.37 bits per heavy atom. The van der Waals surface area contributed by atoms with Gasteiger partial charge >= 0.3 is 0 Å². The average Bonchev–Trinajstić information content (AvgIpc) is 2.29. The smallest absolute Gasteiger partial charge is 0.263 e. The third-order valence-corrected chi connectivity index (χ3v) is 3.59. The van der Waals surface area contributed by atoms with Crippen molar-refractivity contribution in [1.82, 2.24) is 9.97 Å². The van der Waals surface area contributed by atoms with E-state index in [4.69, 9.17) is 17.3 Å². The van der Waals surface area contributed by atoms with Gasteiger partial charge in [-0.1, -0.05) is 11.6 Å². The normalized spacial score (nSPS) is 10.6. The number of nitrogens with zero attached hydrogens (tertiary/aromatic N) is 2. The van der Waals surface area contributed by atoms with Crippen molar-refractivity contribution in [3.05, 3.63) is 41.8 Å². The van der Waals surface area contributed by atoms with E-state index >= 15 is 0 Å². The van der Waals surface area contributed by atoms with Crippen molar-refractivity contribution >= 4 is 62.7 Å². The summed E-state index contributed by atoms with van der Waals surface area (Å²) < 4.78 is 26.2. The van der Waals surface area contributed by atoms with Crippen LogP contribution in [0.3, 0.4) is 0 Å². The standard InChI is InChI=1S/C10H9ClN4O2S.Na/c11-9-5-13-6-10(14-9)15-18(16,17)8-3-1-7(12)2-4-8;/h1-6H,12H2,(H,14,15);. The minimum absolute atomic E-state index is 0. The number of anilines is 2. The zero-order valence-corrected chi connectivity index (χ0v) is 13.6. The van der Waals surface area contributed by atoms with Gasteiger partial charge in [0.05, 0.1) is 17.3 Å². The SMILES string of the molecule is Nc1ccc(S(=O)(=O)Nc2cncc(Cl)n2)cc1.[Na]. The summed E-state index contributed by atoms with van der Waals surface area (Å²) in [7, 11) is -3.71. The van der Waals surface area contributed by atoms with Crippen LogP contribution in [-0.2, 0) is 10.0 Å². The van der Waals surface area contributed by atoms with Gasteiger partial charge in [0.25, 0.3) is 10.0 Å². The fourth-order valence-corrected chi connectivity index (χ4v) is 2.37. The molecule has 1 aromatic carbocycles. The van der Waals surface area contributed by atoms with Crippen LogP contribution in [0.25, 0.3) is 0 Å². The molecule has 3 N–H and O–H groups in total. The van der Waals surface area contributed by atoms with Crippen LogP contribution in [0.2, 0.25) is 5.15 Å². The Kier molecular flexibility index (Phi) is 5.57. The first-order valence-corrected chi connectivity index (χ1v) is 6.69. The minimum atomic E-state index is -3.71. The van der Waals surface area contributed by atoms with Gasteiger partial charge in [-0.25, -0.2) is 13.4 Å². The second-order valence-electron chi connectivity index (χ2n) is 3.40. The molecule has 0 unspecified atom stereocenters. The van der Waals surface area contributed by atoms with Gasteiger partial charge in [0.2, 0.25) is 0 Å². The molecule has 0 saturated heterocycles. The van der Waals surface area contributed by atoms with Crippen LogP contribution >= 0.6 is 11.6 Å². The Bertz CT molecular complexity index is 663. The van der Waals surface area contributed by atoms with Gasteiger partial charge in [-0.2, -0.15) is 0 Å². The molecule has 2 aromatic rings. The van der Waals surface area contributed by atoms with Gasteiger partial charge in [0, 0.05) is 35.2 Å². The van der Waals surface area contributed by atoms with E-state index in [-0.39, 0.29) is 45.4 Å². The number of nitrogen functional groups attached to an aromatic ring is 1. The van der Waals surface area contributed by atoms with Crippen LogP contribution in [0.15, 0.2) is 41.6 Å². The van der Waals surface area contributed by atoms with Crippen molar-refractivity contribution < 1.29 is 8.42 Å². The molecular weight excluding hydrogens is 299 g/mol. The van der Waals surface area contributed by atoms with E-state index in [9.17, 15) is 8.42 Å². The number of rotatable bonds is 3. The molecule has 19 heavy (non-hydrogen) atoms. The molecule has 0 aliphatic rings. The van der Waals surface area contributed by atoms with Crippen molar-refractivity contribution in [2.24, 2.45) is 0 Å². The third-order valence-electron chi connectivity index (χ3n) is 2.03. The van der Waals surface area contributed by atoms with Gasteiger partial charge in [0.1, 0.15) is 5.15 Å². The van der Waals surface area contributed by atoms with Crippen LogP contribution < -0.4 is 10.5 Å². The largest absolute Gasteiger partial charge is 0.399 e. The monoisotopic (exact) mass is 307 g/mol. The summed E-state index contributed by atoms with van der Waals surface area (Å²) in [6.45, 7) is 0. The predicted molar refractivity (Wildman–Crippen MR) is 74.5 cm³/mol. The van der Waals surface area contributed by atoms with Crippen molar-refractivity contribution in [3.8, 4) is 0 Å². The second-order valence-corrected chi connectivity index (χ2v) is 5.47. The molecule has 1 radical (unpaired) electrons. The summed E-state index contributed by atoms with van der Waals surface area (Å²) in [5, 5.41) is 0.104. The molecule has 0 atom stereocenters. The molecular formula is C10H9ClN4NaO2S. The van der Waals surface area contributed by atoms with E-state index in [0.717, 1.165) is 0 Å². The van der Waals surface area contributed by atoms with Crippen LogP contribution in [0, 0.1) is 0 Å². The molecule has 0 fully saturated rings. The van der Waals surface area contributed by atoms with Gasteiger partial charge < -0.3 is 5.73 Å². The van der Waals surface area contributed by atoms with E-state index in [2.05, 4.69) is 14.7 Å². The molecule has 0 spiro atoms.